The number of rotatable bonds is 14. The van der Waals surface area contributed by atoms with Gasteiger partial charge >= 0.3 is 23.7 Å². The molecule has 4 heteroatoms. The Hall–Kier alpha value is -0.866. The molecule has 2 N–H and O–H groups in total. The summed E-state index contributed by atoms with van der Waals surface area (Å²) < 4.78 is 8.25. The van der Waals surface area contributed by atoms with Crippen LogP contribution >= 0.6 is 0 Å². The first-order valence-electron chi connectivity index (χ1n) is 14.1. The minimum atomic E-state index is 0.233. The van der Waals surface area contributed by atoms with E-state index < -0.39 is 0 Å². The van der Waals surface area contributed by atoms with Crippen molar-refractivity contribution in [1.82, 2.24) is 0 Å². The molecular formula is C32H62O3Ti. The molecular weight excluding hydrogens is 480 g/mol. The molecule has 3 nitrogen and oxygen atoms in total. The number of aliphatic hydroxyl groups excluding tert-OH is 2. The molecule has 0 aliphatic rings. The van der Waals surface area contributed by atoms with E-state index in [0.29, 0.717) is 0 Å². The van der Waals surface area contributed by atoms with E-state index >= 15 is 0 Å². The van der Waals surface area contributed by atoms with Gasteiger partial charge in [0.1, 0.15) is 0 Å². The molecule has 0 saturated carbocycles. The van der Waals surface area contributed by atoms with Gasteiger partial charge in [-0.25, -0.2) is 37.1 Å². The van der Waals surface area contributed by atoms with Crippen molar-refractivity contribution in [2.24, 2.45) is 0 Å². The van der Waals surface area contributed by atoms with Gasteiger partial charge in [-0.2, -0.15) is 0 Å². The summed E-state index contributed by atoms with van der Waals surface area (Å²) in [7, 11) is 0. The quantitative estimate of drug-likeness (QED) is 0.130. The predicted octanol–water partition coefficient (Wildman–Crippen LogP) is 10.0. The zero-order valence-corrected chi connectivity index (χ0v) is 27.0. The third kappa shape index (κ3) is 46.5. The Labute approximate surface area is 239 Å². The van der Waals surface area contributed by atoms with Crippen LogP contribution in [0.2, 0.25) is 0 Å². The van der Waals surface area contributed by atoms with Crippen LogP contribution in [0.25, 0.3) is 0 Å². The summed E-state index contributed by atoms with van der Waals surface area (Å²) in [6, 6.07) is 0. The zero-order chi connectivity index (χ0) is 29.0. The third-order valence-electron chi connectivity index (χ3n) is 5.11. The average molecular weight is 543 g/mol. The molecule has 0 unspecified atom stereocenters. The molecule has 0 spiro atoms. The number of hydrogen-bond acceptors (Lipinski definition) is 3. The van der Waals surface area contributed by atoms with E-state index in [4.69, 9.17) is 13.5 Å². The van der Waals surface area contributed by atoms with Crippen molar-refractivity contribution in [3.63, 3.8) is 0 Å². The molecule has 0 saturated heterocycles. The maximum atomic E-state index is 8.68. The fraction of sp³-hybridized carbons (Fsp3) is 0.688. The zero-order valence-electron chi connectivity index (χ0n) is 25.4. The van der Waals surface area contributed by atoms with Crippen molar-refractivity contribution in [3.8, 4) is 0 Å². The summed E-state index contributed by atoms with van der Waals surface area (Å²) >= 11 is 0.750. The van der Waals surface area contributed by atoms with Crippen molar-refractivity contribution >= 4 is 0 Å². The number of unbranched alkanes of at least 4 members (excludes halogenated alkanes) is 4. The third-order valence-corrected chi connectivity index (χ3v) is 5.11. The fourth-order valence-electron chi connectivity index (χ4n) is 2.32. The molecule has 0 rings (SSSR count). The van der Waals surface area contributed by atoms with Crippen molar-refractivity contribution < 1.29 is 33.9 Å². The van der Waals surface area contributed by atoms with E-state index in [2.05, 4.69) is 93.5 Å². The van der Waals surface area contributed by atoms with E-state index in [1.807, 2.05) is 0 Å². The molecule has 0 bridgehead atoms. The normalized spacial score (nSPS) is 11.6. The second-order valence-electron chi connectivity index (χ2n) is 8.33. The van der Waals surface area contributed by atoms with Crippen LogP contribution in [0.3, 0.4) is 0 Å². The topological polar surface area (TPSA) is 57.5 Å². The van der Waals surface area contributed by atoms with E-state index in [1.54, 1.807) is 0 Å². The van der Waals surface area contributed by atoms with Gasteiger partial charge in [-0.3, -0.25) is 0 Å². The van der Waals surface area contributed by atoms with Crippen LogP contribution in [0, 0.1) is 13.8 Å². The van der Waals surface area contributed by atoms with Gasteiger partial charge in [-0.05, 0) is 36.8 Å². The molecule has 0 aliphatic heterocycles. The number of aliphatic hydroxyl groups is 2. The van der Waals surface area contributed by atoms with Gasteiger partial charge in [0.05, 0.1) is 13.2 Å². The standard InChI is InChI=1S/2C8H16O.2C8H15.O.Ti/c2*1-3-5-6-8(4-2)7-9;2*1-4-6-7-8(3)5-2;;/h2*6,9H,3-5,7H2,1-2H3;2*7H,3-6H2,1-2H3;;/q;;2*-1;;+2. The summed E-state index contributed by atoms with van der Waals surface area (Å²) in [5.41, 5.74) is 4.87. The monoisotopic (exact) mass is 542 g/mol. The van der Waals surface area contributed by atoms with Gasteiger partial charge < -0.3 is 10.2 Å². The first kappa shape index (κ1) is 45.1. The van der Waals surface area contributed by atoms with Crippen LogP contribution in [0.15, 0.2) is 46.6 Å². The Balaban J connectivity index is -0.000000116. The van der Waals surface area contributed by atoms with E-state index in [9.17, 15) is 0 Å². The van der Waals surface area contributed by atoms with Crippen LogP contribution in [0.1, 0.15) is 132 Å². The molecule has 36 heavy (non-hydrogen) atoms. The van der Waals surface area contributed by atoms with Crippen molar-refractivity contribution in [2.75, 3.05) is 13.2 Å². The van der Waals surface area contributed by atoms with Crippen LogP contribution in [0.5, 0.6) is 0 Å². The SMILES string of the molecule is CCCC=C(CC)CO.CCCC=C(CC)CO.[CH2-]C(=CCCC)CC.[CH2-]C(=CCCC)CC.[O]=[Ti+2]. The summed E-state index contributed by atoms with van der Waals surface area (Å²) in [5.74, 6) is 0. The number of allylic oxidation sites excluding steroid dienone is 6. The summed E-state index contributed by atoms with van der Waals surface area (Å²) in [6.07, 6.45) is 22.2. The van der Waals surface area contributed by atoms with Gasteiger partial charge in [0.2, 0.25) is 0 Å². The van der Waals surface area contributed by atoms with E-state index in [-0.39, 0.29) is 13.2 Å². The van der Waals surface area contributed by atoms with Gasteiger partial charge in [0, 0.05) is 0 Å². The van der Waals surface area contributed by atoms with Gasteiger partial charge in [-0.1, -0.05) is 106 Å². The van der Waals surface area contributed by atoms with E-state index in [1.165, 1.54) is 49.7 Å². The molecule has 212 valence electrons. The Morgan fingerprint density at radius 3 is 0.944 bits per heavy atom. The molecule has 0 aromatic heterocycles. The second kappa shape index (κ2) is 44.2. The van der Waals surface area contributed by atoms with Crippen molar-refractivity contribution in [1.29, 1.82) is 0 Å². The second-order valence-corrected chi connectivity index (χ2v) is 8.33. The molecule has 0 fully saturated rings. The fourth-order valence-corrected chi connectivity index (χ4v) is 2.32. The molecule has 0 heterocycles. The Morgan fingerprint density at radius 1 is 0.528 bits per heavy atom. The summed E-state index contributed by atoms with van der Waals surface area (Å²) in [5, 5.41) is 17.4. The predicted molar refractivity (Wildman–Crippen MR) is 159 cm³/mol. The first-order chi connectivity index (χ1) is 17.3. The summed E-state index contributed by atoms with van der Waals surface area (Å²) in [4.78, 5) is 0. The van der Waals surface area contributed by atoms with Crippen LogP contribution < -0.4 is 0 Å². The van der Waals surface area contributed by atoms with Crippen LogP contribution in [0.4, 0.5) is 0 Å². The van der Waals surface area contributed by atoms with Crippen LogP contribution in [-0.4, -0.2) is 23.4 Å². The maximum absolute atomic E-state index is 8.68. The van der Waals surface area contributed by atoms with Crippen molar-refractivity contribution in [2.45, 2.75) is 132 Å². The van der Waals surface area contributed by atoms with Gasteiger partial charge in [0.15, 0.2) is 0 Å². The molecule has 0 aromatic carbocycles. The van der Waals surface area contributed by atoms with Crippen molar-refractivity contribution in [3.05, 3.63) is 60.4 Å². The molecule has 0 amide bonds. The Bertz CT molecular complexity index is 461. The molecule has 0 atom stereocenters. The molecule has 0 aromatic rings. The van der Waals surface area contributed by atoms with E-state index in [0.717, 1.165) is 70.1 Å². The van der Waals surface area contributed by atoms with Gasteiger partial charge in [-0.15, -0.1) is 12.8 Å². The molecule has 0 radical (unpaired) electrons. The minimum absolute atomic E-state index is 0.233. The summed E-state index contributed by atoms with van der Waals surface area (Å²) in [6.45, 7) is 25.2. The Morgan fingerprint density at radius 2 is 0.778 bits per heavy atom. The Kier molecular flexibility index (Phi) is 55.3. The number of hydrogen-bond donors (Lipinski definition) is 2. The molecule has 0 aliphatic carbocycles. The van der Waals surface area contributed by atoms with Crippen LogP contribution in [-0.2, 0) is 23.7 Å². The first-order valence-corrected chi connectivity index (χ1v) is 14.7. The van der Waals surface area contributed by atoms with Gasteiger partial charge in [0.25, 0.3) is 0 Å². The average Bonchev–Trinajstić information content (AvgIpc) is 2.93.